The van der Waals surface area contributed by atoms with Gasteiger partial charge in [0.05, 0.1) is 0 Å². The molecule has 0 aromatic heterocycles. The average molecular weight is 455 g/mol. The molecule has 1 aromatic carbocycles. The van der Waals surface area contributed by atoms with Crippen LogP contribution in [0.3, 0.4) is 0 Å². The molecule has 0 aliphatic carbocycles. The van der Waals surface area contributed by atoms with E-state index in [4.69, 9.17) is 0 Å². The van der Waals surface area contributed by atoms with E-state index in [-0.39, 0.29) is 13.2 Å². The number of hydrogen-bond donors (Lipinski definition) is 0. The Morgan fingerprint density at radius 2 is 1.64 bits per heavy atom. The van der Waals surface area contributed by atoms with Gasteiger partial charge in [0.1, 0.15) is 5.82 Å². The van der Waals surface area contributed by atoms with Gasteiger partial charge < -0.3 is 0 Å². The molecule has 33 heavy (non-hydrogen) atoms. The van der Waals surface area contributed by atoms with Crippen LogP contribution in [0.15, 0.2) is 83.0 Å². The lowest BCUT2D eigenvalue weighted by Gasteiger charge is -2.13. The maximum Gasteiger partial charge on any atom is 0.123 e. The zero-order valence-corrected chi connectivity index (χ0v) is 22.1. The molecule has 0 saturated carbocycles. The first kappa shape index (κ1) is 33.0. The van der Waals surface area contributed by atoms with Crippen LogP contribution in [-0.4, -0.2) is 0 Å². The van der Waals surface area contributed by atoms with Gasteiger partial charge in [0.2, 0.25) is 0 Å². The van der Waals surface area contributed by atoms with Gasteiger partial charge in [-0.1, -0.05) is 96.6 Å². The molecule has 186 valence electrons. The highest BCUT2D eigenvalue weighted by Crippen LogP contribution is 2.25. The summed E-state index contributed by atoms with van der Waals surface area (Å²) in [4.78, 5) is 0. The van der Waals surface area contributed by atoms with Crippen molar-refractivity contribution in [3.8, 4) is 0 Å². The van der Waals surface area contributed by atoms with E-state index in [2.05, 4.69) is 73.8 Å². The van der Waals surface area contributed by atoms with Crippen LogP contribution in [0.1, 0.15) is 100 Å². The number of rotatable bonds is 11. The molecule has 0 heterocycles. The number of allylic oxidation sites excluding steroid dienone is 8. The highest BCUT2D eigenvalue weighted by Gasteiger charge is 2.07. The number of aryl methyl sites for hydroxylation is 1. The molecular formula is C32H51F. The van der Waals surface area contributed by atoms with Crippen molar-refractivity contribution in [1.82, 2.24) is 0 Å². The van der Waals surface area contributed by atoms with Crippen molar-refractivity contribution in [2.45, 2.75) is 101 Å². The third-order valence-electron chi connectivity index (χ3n) is 6.12. The third kappa shape index (κ3) is 13.9. The van der Waals surface area contributed by atoms with Crippen LogP contribution in [0.2, 0.25) is 0 Å². The summed E-state index contributed by atoms with van der Waals surface area (Å²) in [5.74, 6) is 0.764. The molecule has 0 aliphatic rings. The predicted molar refractivity (Wildman–Crippen MR) is 150 cm³/mol. The Kier molecular flexibility index (Phi) is 18.3. The van der Waals surface area contributed by atoms with Crippen molar-refractivity contribution in [3.63, 3.8) is 0 Å². The summed E-state index contributed by atoms with van der Waals surface area (Å²) in [7, 11) is 0. The standard InChI is InChI=1S/C25H33F.C6H14.CH4/c1-8-11-19(4)22(7)21(6)16-25(18(2)3)20(5)12-9-13-23-14-10-15-24(26)17-23;1-4-6(3)5-2;/h10-11,14-17H,2,5,8-9,12-13H2,1,3-4,6-7H3;6H,4-5H2,1-3H3;1H4/b19-11+,22-21+,25-16-;;. The van der Waals surface area contributed by atoms with E-state index in [0.29, 0.717) is 0 Å². The topological polar surface area (TPSA) is 0 Å². The van der Waals surface area contributed by atoms with Gasteiger partial charge in [-0.15, -0.1) is 0 Å². The normalized spacial score (nSPS) is 12.4. The molecule has 0 unspecified atom stereocenters. The number of halogens is 1. The van der Waals surface area contributed by atoms with Gasteiger partial charge in [0.15, 0.2) is 0 Å². The molecule has 0 spiro atoms. The van der Waals surface area contributed by atoms with Crippen LogP contribution in [0.5, 0.6) is 0 Å². The van der Waals surface area contributed by atoms with Crippen molar-refractivity contribution in [2.75, 3.05) is 0 Å². The minimum Gasteiger partial charge on any atom is -0.207 e. The fraction of sp³-hybridized carbons (Fsp3) is 0.500. The minimum absolute atomic E-state index is 0. The molecule has 0 N–H and O–H groups in total. The van der Waals surface area contributed by atoms with Crippen LogP contribution in [0.4, 0.5) is 4.39 Å². The van der Waals surface area contributed by atoms with Crippen LogP contribution < -0.4 is 0 Å². The fourth-order valence-corrected chi connectivity index (χ4v) is 3.24. The first-order valence-electron chi connectivity index (χ1n) is 12.2. The molecule has 0 bridgehead atoms. The number of hydrogen-bond acceptors (Lipinski definition) is 0. The zero-order valence-electron chi connectivity index (χ0n) is 22.1. The minimum atomic E-state index is -0.171. The second-order valence-electron chi connectivity index (χ2n) is 8.95. The Morgan fingerprint density at radius 1 is 1.03 bits per heavy atom. The maximum atomic E-state index is 13.3. The Bertz CT molecular complexity index is 813. The first-order chi connectivity index (χ1) is 15.1. The summed E-state index contributed by atoms with van der Waals surface area (Å²) in [5.41, 5.74) is 8.16. The Morgan fingerprint density at radius 3 is 2.09 bits per heavy atom. The van der Waals surface area contributed by atoms with Gasteiger partial charge in [0.25, 0.3) is 0 Å². The maximum absolute atomic E-state index is 13.3. The summed E-state index contributed by atoms with van der Waals surface area (Å²) >= 11 is 0. The monoisotopic (exact) mass is 454 g/mol. The van der Waals surface area contributed by atoms with Crippen LogP contribution in [0.25, 0.3) is 0 Å². The van der Waals surface area contributed by atoms with Crippen LogP contribution >= 0.6 is 0 Å². The second kappa shape index (κ2) is 18.3. The van der Waals surface area contributed by atoms with Crippen molar-refractivity contribution >= 4 is 0 Å². The van der Waals surface area contributed by atoms with E-state index < -0.39 is 0 Å². The molecule has 1 aromatic rings. The molecule has 0 radical (unpaired) electrons. The molecule has 0 amide bonds. The lowest BCUT2D eigenvalue weighted by molar-refractivity contribution is 0.544. The molecule has 0 fully saturated rings. The van der Waals surface area contributed by atoms with Crippen molar-refractivity contribution in [2.24, 2.45) is 5.92 Å². The van der Waals surface area contributed by atoms with E-state index in [9.17, 15) is 4.39 Å². The van der Waals surface area contributed by atoms with Crippen molar-refractivity contribution < 1.29 is 4.39 Å². The highest BCUT2D eigenvalue weighted by atomic mass is 19.1. The summed E-state index contributed by atoms with van der Waals surface area (Å²) in [6.45, 7) is 25.8. The van der Waals surface area contributed by atoms with Crippen molar-refractivity contribution in [1.29, 1.82) is 0 Å². The van der Waals surface area contributed by atoms with Gasteiger partial charge >= 0.3 is 0 Å². The molecule has 0 nitrogen and oxygen atoms in total. The lowest BCUT2D eigenvalue weighted by atomic mass is 9.92. The molecule has 1 rings (SSSR count). The first-order valence-corrected chi connectivity index (χ1v) is 12.2. The molecular weight excluding hydrogens is 403 g/mol. The number of benzene rings is 1. The van der Waals surface area contributed by atoms with Crippen molar-refractivity contribution in [3.05, 3.63) is 94.4 Å². The Balaban J connectivity index is 0. The highest BCUT2D eigenvalue weighted by molar-refractivity contribution is 5.49. The summed E-state index contributed by atoms with van der Waals surface area (Å²) in [5, 5.41) is 0. The van der Waals surface area contributed by atoms with Gasteiger partial charge in [-0.05, 0) is 99.3 Å². The predicted octanol–water partition coefficient (Wildman–Crippen LogP) is 11.0. The van der Waals surface area contributed by atoms with E-state index in [1.165, 1.54) is 35.6 Å². The SMILES string of the molecule is C.C=C(C)/C(=C/C(C)=C(C)/C(C)=C/CC)C(=C)CCCc1cccc(F)c1.CCC(C)CC. The summed E-state index contributed by atoms with van der Waals surface area (Å²) < 4.78 is 13.3. The summed E-state index contributed by atoms with van der Waals surface area (Å²) in [6.07, 6.45) is 10.8. The van der Waals surface area contributed by atoms with Crippen LogP contribution in [-0.2, 0) is 6.42 Å². The Hall–Kier alpha value is -2.15. The molecule has 0 aliphatic heterocycles. The fourth-order valence-electron chi connectivity index (χ4n) is 3.24. The molecule has 0 atom stereocenters. The lowest BCUT2D eigenvalue weighted by Crippen LogP contribution is -1.95. The van der Waals surface area contributed by atoms with E-state index in [1.807, 2.05) is 13.0 Å². The molecule has 0 saturated heterocycles. The summed E-state index contributed by atoms with van der Waals surface area (Å²) in [6, 6.07) is 6.83. The van der Waals surface area contributed by atoms with E-state index >= 15 is 0 Å². The average Bonchev–Trinajstić information content (AvgIpc) is 2.76. The van der Waals surface area contributed by atoms with Gasteiger partial charge in [0, 0.05) is 0 Å². The molecule has 1 heteroatoms. The zero-order chi connectivity index (χ0) is 24.7. The van der Waals surface area contributed by atoms with E-state index in [1.54, 1.807) is 12.1 Å². The van der Waals surface area contributed by atoms with Crippen LogP contribution in [0, 0.1) is 11.7 Å². The second-order valence-corrected chi connectivity index (χ2v) is 8.95. The Labute approximate surface area is 206 Å². The van der Waals surface area contributed by atoms with Gasteiger partial charge in [-0.2, -0.15) is 0 Å². The smallest absolute Gasteiger partial charge is 0.123 e. The third-order valence-corrected chi connectivity index (χ3v) is 6.12. The van der Waals surface area contributed by atoms with E-state index in [0.717, 1.165) is 53.9 Å². The van der Waals surface area contributed by atoms with Gasteiger partial charge in [-0.3, -0.25) is 0 Å². The quantitative estimate of drug-likeness (QED) is 0.292. The van der Waals surface area contributed by atoms with Gasteiger partial charge in [-0.25, -0.2) is 4.39 Å². The largest absolute Gasteiger partial charge is 0.207 e.